The molecule has 0 aliphatic carbocycles. The van der Waals surface area contributed by atoms with Crippen molar-refractivity contribution in [2.45, 2.75) is 6.92 Å². The van der Waals surface area contributed by atoms with E-state index in [2.05, 4.69) is 0 Å². The number of rotatable bonds is 1. The molecule has 3 N–H and O–H groups in total. The van der Waals surface area contributed by atoms with Crippen LogP contribution in [0.15, 0.2) is 5.38 Å². The van der Waals surface area contributed by atoms with Gasteiger partial charge in [-0.05, 0) is 17.9 Å². The van der Waals surface area contributed by atoms with Crippen LogP contribution in [0.1, 0.15) is 15.9 Å². The maximum atomic E-state index is 10.4. The summed E-state index contributed by atoms with van der Waals surface area (Å²) in [6.07, 6.45) is 0. The summed E-state index contributed by atoms with van der Waals surface area (Å²) >= 11 is 1.26. The molecule has 0 bridgehead atoms. The molecule has 1 rings (SSSR count). The Morgan fingerprint density at radius 2 is 2.40 bits per heavy atom. The van der Waals surface area contributed by atoms with E-state index in [1.54, 1.807) is 12.3 Å². The number of nitrogens with two attached hydrogens (primary N) is 1. The van der Waals surface area contributed by atoms with Crippen LogP contribution in [0, 0.1) is 6.92 Å². The number of aryl methyl sites for hydroxylation is 1. The molecule has 0 spiro atoms. The van der Waals surface area contributed by atoms with Crippen molar-refractivity contribution in [1.29, 1.82) is 0 Å². The average molecular weight is 157 g/mol. The van der Waals surface area contributed by atoms with Gasteiger partial charge in [0.2, 0.25) is 0 Å². The van der Waals surface area contributed by atoms with Gasteiger partial charge in [0, 0.05) is 0 Å². The minimum atomic E-state index is -0.948. The number of carboxylic acid groups (broad SMARTS) is 1. The topological polar surface area (TPSA) is 63.3 Å². The Hall–Kier alpha value is -1.03. The van der Waals surface area contributed by atoms with E-state index < -0.39 is 5.97 Å². The molecule has 0 fully saturated rings. The van der Waals surface area contributed by atoms with Gasteiger partial charge in [-0.25, -0.2) is 4.79 Å². The number of aromatic carboxylic acids is 1. The SMILES string of the molecule is Cc1csc(N)c1C(=O)O. The van der Waals surface area contributed by atoms with Gasteiger partial charge in [0.05, 0.1) is 5.56 Å². The summed E-state index contributed by atoms with van der Waals surface area (Å²) in [7, 11) is 0. The molecular formula is C6H7NO2S. The van der Waals surface area contributed by atoms with Gasteiger partial charge in [0.1, 0.15) is 5.00 Å². The highest BCUT2D eigenvalue weighted by molar-refractivity contribution is 7.14. The van der Waals surface area contributed by atoms with E-state index in [0.29, 0.717) is 5.00 Å². The summed E-state index contributed by atoms with van der Waals surface area (Å²) in [6, 6.07) is 0. The van der Waals surface area contributed by atoms with E-state index in [1.165, 1.54) is 11.3 Å². The zero-order chi connectivity index (χ0) is 7.72. The first-order valence-corrected chi connectivity index (χ1v) is 3.57. The zero-order valence-corrected chi connectivity index (χ0v) is 6.23. The second-order valence-electron chi connectivity index (χ2n) is 1.96. The van der Waals surface area contributed by atoms with Crippen LogP contribution in [-0.4, -0.2) is 11.1 Å². The van der Waals surface area contributed by atoms with Crippen LogP contribution in [0.25, 0.3) is 0 Å². The average Bonchev–Trinajstić information content (AvgIpc) is 2.11. The van der Waals surface area contributed by atoms with Crippen LogP contribution >= 0.6 is 11.3 Å². The predicted molar refractivity (Wildman–Crippen MR) is 40.4 cm³/mol. The first kappa shape index (κ1) is 7.08. The quantitative estimate of drug-likeness (QED) is 0.646. The van der Waals surface area contributed by atoms with E-state index in [0.717, 1.165) is 5.56 Å². The lowest BCUT2D eigenvalue weighted by atomic mass is 10.2. The molecule has 0 unspecified atom stereocenters. The fourth-order valence-corrected chi connectivity index (χ4v) is 1.53. The summed E-state index contributed by atoms with van der Waals surface area (Å²) in [5.41, 5.74) is 6.35. The van der Waals surface area contributed by atoms with Crippen molar-refractivity contribution >= 4 is 22.3 Å². The van der Waals surface area contributed by atoms with E-state index in [4.69, 9.17) is 10.8 Å². The standard InChI is InChI=1S/C6H7NO2S/c1-3-2-10-5(7)4(3)6(8)9/h2H,7H2,1H3,(H,8,9). The Morgan fingerprint density at radius 1 is 1.80 bits per heavy atom. The van der Waals surface area contributed by atoms with Gasteiger partial charge < -0.3 is 10.8 Å². The first-order valence-electron chi connectivity index (χ1n) is 2.69. The van der Waals surface area contributed by atoms with E-state index >= 15 is 0 Å². The highest BCUT2D eigenvalue weighted by Crippen LogP contribution is 2.23. The number of nitrogen functional groups attached to an aromatic ring is 1. The van der Waals surface area contributed by atoms with Gasteiger partial charge in [-0.3, -0.25) is 0 Å². The van der Waals surface area contributed by atoms with Crippen molar-refractivity contribution in [2.75, 3.05) is 5.73 Å². The summed E-state index contributed by atoms with van der Waals surface area (Å²) in [5.74, 6) is -0.948. The van der Waals surface area contributed by atoms with Crippen LogP contribution in [-0.2, 0) is 0 Å². The fraction of sp³-hybridized carbons (Fsp3) is 0.167. The van der Waals surface area contributed by atoms with Gasteiger partial charge in [0.25, 0.3) is 0 Å². The Bertz CT molecular complexity index is 247. The minimum Gasteiger partial charge on any atom is -0.478 e. The molecule has 0 saturated carbocycles. The Kier molecular flexibility index (Phi) is 1.63. The third-order valence-electron chi connectivity index (χ3n) is 1.22. The van der Waals surface area contributed by atoms with E-state index in [-0.39, 0.29) is 5.56 Å². The molecule has 0 saturated heterocycles. The number of carbonyl (C=O) groups is 1. The van der Waals surface area contributed by atoms with E-state index in [1.807, 2.05) is 0 Å². The molecule has 0 radical (unpaired) electrons. The Balaban J connectivity index is 3.23. The van der Waals surface area contributed by atoms with Crippen molar-refractivity contribution < 1.29 is 9.90 Å². The lowest BCUT2D eigenvalue weighted by molar-refractivity contribution is 0.0698. The van der Waals surface area contributed by atoms with Crippen LogP contribution in [0.5, 0.6) is 0 Å². The number of thiophene rings is 1. The molecule has 54 valence electrons. The summed E-state index contributed by atoms with van der Waals surface area (Å²) < 4.78 is 0. The van der Waals surface area contributed by atoms with Gasteiger partial charge in [0.15, 0.2) is 0 Å². The lowest BCUT2D eigenvalue weighted by Gasteiger charge is -1.91. The lowest BCUT2D eigenvalue weighted by Crippen LogP contribution is -1.99. The van der Waals surface area contributed by atoms with Crippen molar-refractivity contribution in [1.82, 2.24) is 0 Å². The van der Waals surface area contributed by atoms with Crippen molar-refractivity contribution in [2.24, 2.45) is 0 Å². The third kappa shape index (κ3) is 0.974. The highest BCUT2D eigenvalue weighted by atomic mass is 32.1. The highest BCUT2D eigenvalue weighted by Gasteiger charge is 2.12. The smallest absolute Gasteiger partial charge is 0.338 e. The Morgan fingerprint density at radius 3 is 2.60 bits per heavy atom. The van der Waals surface area contributed by atoms with Crippen molar-refractivity contribution in [3.05, 3.63) is 16.5 Å². The maximum Gasteiger partial charge on any atom is 0.338 e. The molecule has 1 aromatic rings. The number of hydrogen-bond acceptors (Lipinski definition) is 3. The summed E-state index contributed by atoms with van der Waals surface area (Å²) in [5, 5.41) is 10.7. The Labute approximate surface area is 62.1 Å². The monoisotopic (exact) mass is 157 g/mol. The normalized spacial score (nSPS) is 9.70. The second kappa shape index (κ2) is 2.30. The third-order valence-corrected chi connectivity index (χ3v) is 2.15. The van der Waals surface area contributed by atoms with E-state index in [9.17, 15) is 4.79 Å². The molecule has 0 atom stereocenters. The number of hydrogen-bond donors (Lipinski definition) is 2. The first-order chi connectivity index (χ1) is 4.63. The zero-order valence-electron chi connectivity index (χ0n) is 5.42. The summed E-state index contributed by atoms with van der Waals surface area (Å²) in [4.78, 5) is 10.4. The van der Waals surface area contributed by atoms with Crippen molar-refractivity contribution in [3.8, 4) is 0 Å². The van der Waals surface area contributed by atoms with Gasteiger partial charge in [-0.15, -0.1) is 11.3 Å². The molecular weight excluding hydrogens is 150 g/mol. The molecule has 4 heteroatoms. The molecule has 0 aromatic carbocycles. The predicted octanol–water partition coefficient (Wildman–Crippen LogP) is 1.34. The van der Waals surface area contributed by atoms with Crippen LogP contribution in [0.2, 0.25) is 0 Å². The maximum absolute atomic E-state index is 10.4. The van der Waals surface area contributed by atoms with Crippen molar-refractivity contribution in [3.63, 3.8) is 0 Å². The van der Waals surface area contributed by atoms with Gasteiger partial charge >= 0.3 is 5.97 Å². The van der Waals surface area contributed by atoms with Gasteiger partial charge in [-0.2, -0.15) is 0 Å². The molecule has 1 heterocycles. The van der Waals surface area contributed by atoms with Crippen LogP contribution in [0.3, 0.4) is 0 Å². The molecule has 0 amide bonds. The fourth-order valence-electron chi connectivity index (χ4n) is 0.738. The number of anilines is 1. The molecule has 1 aromatic heterocycles. The minimum absolute atomic E-state index is 0.241. The molecule has 0 aliphatic rings. The molecule has 3 nitrogen and oxygen atoms in total. The summed E-state index contributed by atoms with van der Waals surface area (Å²) in [6.45, 7) is 1.73. The second-order valence-corrected chi connectivity index (χ2v) is 2.87. The molecule has 10 heavy (non-hydrogen) atoms. The number of carboxylic acids is 1. The largest absolute Gasteiger partial charge is 0.478 e. The van der Waals surface area contributed by atoms with Crippen LogP contribution < -0.4 is 5.73 Å². The van der Waals surface area contributed by atoms with Crippen LogP contribution in [0.4, 0.5) is 5.00 Å². The van der Waals surface area contributed by atoms with Gasteiger partial charge in [-0.1, -0.05) is 0 Å². The molecule has 0 aliphatic heterocycles.